The average molecular weight is 735 g/mol. The molecule has 0 radical (unpaired) electrons. The molecule has 54 heavy (non-hydrogen) atoms. The van der Waals surface area contributed by atoms with Gasteiger partial charge in [-0.1, -0.05) is 103 Å². The highest BCUT2D eigenvalue weighted by atomic mass is 16.2. The maximum absolute atomic E-state index is 14.4. The lowest BCUT2D eigenvalue weighted by molar-refractivity contribution is -0.139. The number of hydrogen-bond acceptors (Lipinski definition) is 6. The van der Waals surface area contributed by atoms with Crippen molar-refractivity contribution in [1.29, 1.82) is 0 Å². The molecule has 286 valence electrons. The first kappa shape index (κ1) is 40.8. The molecule has 0 fully saturated rings. The van der Waals surface area contributed by atoms with Gasteiger partial charge in [-0.25, -0.2) is 0 Å². The summed E-state index contributed by atoms with van der Waals surface area (Å²) >= 11 is 0. The molecule has 0 unspecified atom stereocenters. The summed E-state index contributed by atoms with van der Waals surface area (Å²) in [5.74, 6) is -1.22. The molecule has 13 nitrogen and oxygen atoms in total. The van der Waals surface area contributed by atoms with Crippen LogP contribution in [0, 0.1) is 0 Å². The van der Waals surface area contributed by atoms with Crippen molar-refractivity contribution in [1.82, 2.24) is 15.5 Å². The fourth-order valence-corrected chi connectivity index (χ4v) is 6.13. The molecule has 0 spiro atoms. The summed E-state index contributed by atoms with van der Waals surface area (Å²) in [5, 5.41) is 5.79. The van der Waals surface area contributed by atoms with Gasteiger partial charge in [-0.05, 0) is 72.8 Å². The molecule has 0 saturated heterocycles. The highest BCUT2D eigenvalue weighted by Crippen LogP contribution is 2.27. The van der Waals surface area contributed by atoms with Crippen molar-refractivity contribution in [3.8, 4) is 11.1 Å². The van der Waals surface area contributed by atoms with Gasteiger partial charge < -0.3 is 44.2 Å². The molecule has 2 atom stereocenters. The third-order valence-electron chi connectivity index (χ3n) is 9.04. The standard InChI is InChI=1S/C41H54N10O3/c42-35(26-29-15-19-33(20-16-29)31-10-3-1-4-11-31)38(53)50-36(14-9-25-49-41(45)46)39(54)51(28-37(52)47-23-7-8-24-48-40(43)44)27-30-17-21-34(22-18-30)32-12-5-2-6-13-32/h1-6,10-13,15-17,19-21,35-36H,7-9,14,18,22-28,42H2,(H,47,52)(H,50,53)(H4,43,44,48)(H4,45,46,49)/t35-,36-/m1/s1. The van der Waals surface area contributed by atoms with E-state index < -0.39 is 23.9 Å². The van der Waals surface area contributed by atoms with E-state index in [1.54, 1.807) is 0 Å². The lowest BCUT2D eigenvalue weighted by Gasteiger charge is -2.30. The molecule has 0 bridgehead atoms. The number of nitrogens with one attached hydrogen (secondary N) is 2. The second kappa shape index (κ2) is 21.5. The zero-order valence-corrected chi connectivity index (χ0v) is 30.8. The predicted molar refractivity (Wildman–Crippen MR) is 217 cm³/mol. The van der Waals surface area contributed by atoms with Crippen molar-refractivity contribution in [2.75, 3.05) is 32.7 Å². The number of hydrogen-bond donors (Lipinski definition) is 7. The first-order valence-electron chi connectivity index (χ1n) is 18.4. The second-order valence-electron chi connectivity index (χ2n) is 13.3. The summed E-state index contributed by atoms with van der Waals surface area (Å²) in [6.07, 6.45) is 7.84. The van der Waals surface area contributed by atoms with E-state index in [0.717, 1.165) is 34.2 Å². The smallest absolute Gasteiger partial charge is 0.245 e. The van der Waals surface area contributed by atoms with Gasteiger partial charge in [0, 0.05) is 26.2 Å². The van der Waals surface area contributed by atoms with Crippen molar-refractivity contribution in [3.63, 3.8) is 0 Å². The molecule has 3 amide bonds. The van der Waals surface area contributed by atoms with E-state index in [1.807, 2.05) is 78.9 Å². The Labute approximate surface area is 317 Å². The monoisotopic (exact) mass is 734 g/mol. The summed E-state index contributed by atoms with van der Waals surface area (Å²) in [7, 11) is 0. The Kier molecular flexibility index (Phi) is 16.3. The molecule has 0 saturated carbocycles. The van der Waals surface area contributed by atoms with Gasteiger partial charge >= 0.3 is 0 Å². The molecule has 3 aromatic carbocycles. The number of aliphatic imine (C=N–C) groups is 2. The maximum atomic E-state index is 14.4. The molecule has 1 aliphatic carbocycles. The minimum atomic E-state index is -0.967. The maximum Gasteiger partial charge on any atom is 0.245 e. The van der Waals surface area contributed by atoms with Crippen LogP contribution in [0.2, 0.25) is 0 Å². The van der Waals surface area contributed by atoms with Crippen LogP contribution >= 0.6 is 0 Å². The Bertz CT molecular complexity index is 1780. The molecular formula is C41H54N10O3. The number of benzene rings is 3. The molecule has 1 aliphatic rings. The van der Waals surface area contributed by atoms with Crippen molar-refractivity contribution in [2.24, 2.45) is 38.7 Å². The van der Waals surface area contributed by atoms with Gasteiger partial charge in [0.1, 0.15) is 6.04 Å². The molecule has 13 heteroatoms. The van der Waals surface area contributed by atoms with Gasteiger partial charge in [-0.2, -0.15) is 0 Å². The fraction of sp³-hybridized carbons (Fsp3) is 0.341. The van der Waals surface area contributed by atoms with Crippen LogP contribution in [-0.4, -0.2) is 79.3 Å². The summed E-state index contributed by atoms with van der Waals surface area (Å²) in [6, 6.07) is 26.1. The van der Waals surface area contributed by atoms with Crippen LogP contribution in [0.5, 0.6) is 0 Å². The van der Waals surface area contributed by atoms with E-state index in [1.165, 1.54) is 10.5 Å². The zero-order valence-electron chi connectivity index (χ0n) is 30.8. The summed E-state index contributed by atoms with van der Waals surface area (Å²) in [4.78, 5) is 50.7. The van der Waals surface area contributed by atoms with Gasteiger partial charge in [0.05, 0.1) is 12.6 Å². The van der Waals surface area contributed by atoms with Gasteiger partial charge in [0.25, 0.3) is 0 Å². The van der Waals surface area contributed by atoms with Crippen molar-refractivity contribution in [3.05, 3.63) is 114 Å². The third-order valence-corrected chi connectivity index (χ3v) is 9.04. The Hall–Kier alpha value is -5.95. The number of rotatable bonds is 20. The molecular weight excluding hydrogens is 681 g/mol. The number of carbonyl (C=O) groups excluding carboxylic acids is 3. The summed E-state index contributed by atoms with van der Waals surface area (Å²) in [5.41, 5.74) is 34.6. The van der Waals surface area contributed by atoms with Gasteiger partial charge in [0.2, 0.25) is 17.7 Å². The number of amides is 3. The zero-order chi connectivity index (χ0) is 38.7. The van der Waals surface area contributed by atoms with Crippen molar-refractivity contribution < 1.29 is 14.4 Å². The van der Waals surface area contributed by atoms with Crippen LogP contribution in [0.25, 0.3) is 16.7 Å². The number of nitrogens with two attached hydrogens (primary N) is 5. The fourth-order valence-electron chi connectivity index (χ4n) is 6.13. The SMILES string of the molecule is NC(N)=NCCCCNC(=O)CN(CC1=CC=C(c2ccccc2)CC1)C(=O)[C@@H](CCCN=C(N)N)NC(=O)[C@H](N)Cc1ccc(-c2ccccc2)cc1. The number of unbranched alkanes of at least 4 members (excludes halogenated alkanes) is 1. The van der Waals surface area contributed by atoms with Crippen molar-refractivity contribution in [2.45, 2.75) is 57.0 Å². The molecule has 0 heterocycles. The van der Waals surface area contributed by atoms with Gasteiger partial charge in [-0.3, -0.25) is 24.4 Å². The first-order valence-corrected chi connectivity index (χ1v) is 18.4. The summed E-state index contributed by atoms with van der Waals surface area (Å²) < 4.78 is 0. The summed E-state index contributed by atoms with van der Waals surface area (Å²) in [6.45, 7) is 1.14. The van der Waals surface area contributed by atoms with E-state index in [4.69, 9.17) is 28.7 Å². The highest BCUT2D eigenvalue weighted by molar-refractivity contribution is 5.92. The Morgan fingerprint density at radius 2 is 1.33 bits per heavy atom. The molecule has 4 rings (SSSR count). The minimum Gasteiger partial charge on any atom is -0.370 e. The normalized spacial score (nSPS) is 13.4. The largest absolute Gasteiger partial charge is 0.370 e. The number of nitrogens with zero attached hydrogens (tertiary/aromatic N) is 3. The molecule has 0 aliphatic heterocycles. The van der Waals surface area contributed by atoms with Gasteiger partial charge in [0.15, 0.2) is 11.9 Å². The molecule has 12 N–H and O–H groups in total. The predicted octanol–water partition coefficient (Wildman–Crippen LogP) is 2.56. The third kappa shape index (κ3) is 13.9. The average Bonchev–Trinajstić information content (AvgIpc) is 3.17. The van der Waals surface area contributed by atoms with Crippen LogP contribution in [-0.2, 0) is 20.8 Å². The Morgan fingerprint density at radius 3 is 1.94 bits per heavy atom. The topological polar surface area (TPSA) is 233 Å². The number of guanidine groups is 2. The quantitative estimate of drug-likeness (QED) is 0.0517. The van der Waals surface area contributed by atoms with E-state index >= 15 is 0 Å². The van der Waals surface area contributed by atoms with Gasteiger partial charge in [-0.15, -0.1) is 0 Å². The minimum absolute atomic E-state index is 0.0225. The van der Waals surface area contributed by atoms with Crippen molar-refractivity contribution >= 4 is 35.2 Å². The Morgan fingerprint density at radius 1 is 0.722 bits per heavy atom. The first-order chi connectivity index (χ1) is 26.1. The molecule has 0 aromatic heterocycles. The Balaban J connectivity index is 1.48. The van der Waals surface area contributed by atoms with Crippen LogP contribution in [0.1, 0.15) is 49.7 Å². The number of allylic oxidation sites excluding steroid dienone is 3. The number of carbonyl (C=O) groups is 3. The van der Waals surface area contributed by atoms with Crippen LogP contribution in [0.15, 0.2) is 113 Å². The lowest BCUT2D eigenvalue weighted by Crippen LogP contribution is -2.54. The van der Waals surface area contributed by atoms with Crippen LogP contribution < -0.4 is 39.3 Å². The molecule has 3 aromatic rings. The van der Waals surface area contributed by atoms with E-state index in [9.17, 15) is 14.4 Å². The van der Waals surface area contributed by atoms with E-state index in [0.29, 0.717) is 38.8 Å². The second-order valence-corrected chi connectivity index (χ2v) is 13.3. The highest BCUT2D eigenvalue weighted by Gasteiger charge is 2.29. The van der Waals surface area contributed by atoms with Crippen LogP contribution in [0.3, 0.4) is 0 Å². The lowest BCUT2D eigenvalue weighted by atomic mass is 9.93. The van der Waals surface area contributed by atoms with Crippen LogP contribution in [0.4, 0.5) is 0 Å². The van der Waals surface area contributed by atoms with E-state index in [2.05, 4.69) is 38.8 Å². The van der Waals surface area contributed by atoms with E-state index in [-0.39, 0.29) is 50.3 Å².